The van der Waals surface area contributed by atoms with E-state index in [4.69, 9.17) is 4.42 Å². The molecule has 2 heterocycles. The average Bonchev–Trinajstić information content (AvgIpc) is 2.75. The van der Waals surface area contributed by atoms with Crippen LogP contribution >= 0.6 is 0 Å². The number of nitrogens with zero attached hydrogens (tertiary/aromatic N) is 2. The number of hydrogen-bond donors (Lipinski definition) is 0. The molecule has 15 heavy (non-hydrogen) atoms. The first-order chi connectivity index (χ1) is 7.31. The summed E-state index contributed by atoms with van der Waals surface area (Å²) in [7, 11) is 2.08. The highest BCUT2D eigenvalue weighted by Crippen LogP contribution is 2.18. The number of likely N-dealkylation sites (N-methyl/N-ethyl adjacent to an activating group) is 1. The van der Waals surface area contributed by atoms with Crippen LogP contribution in [0.3, 0.4) is 0 Å². The van der Waals surface area contributed by atoms with Gasteiger partial charge in [-0.15, -0.1) is 0 Å². The summed E-state index contributed by atoms with van der Waals surface area (Å²) in [6, 6.07) is 3.57. The van der Waals surface area contributed by atoms with Crippen molar-refractivity contribution in [2.24, 2.45) is 0 Å². The van der Waals surface area contributed by atoms with Gasteiger partial charge >= 0.3 is 0 Å². The highest BCUT2D eigenvalue weighted by atomic mass is 16.3. The van der Waals surface area contributed by atoms with E-state index < -0.39 is 0 Å². The van der Waals surface area contributed by atoms with E-state index in [1.54, 1.807) is 18.4 Å². The molecule has 0 unspecified atom stereocenters. The van der Waals surface area contributed by atoms with E-state index >= 15 is 0 Å². The maximum atomic E-state index is 10.9. The van der Waals surface area contributed by atoms with Crippen molar-refractivity contribution in [2.45, 2.75) is 0 Å². The third kappa shape index (κ3) is 2.12. The Labute approximate surface area is 88.8 Å². The van der Waals surface area contributed by atoms with Crippen molar-refractivity contribution in [1.82, 2.24) is 9.80 Å². The van der Waals surface area contributed by atoms with Crippen molar-refractivity contribution >= 4 is 11.6 Å². The summed E-state index contributed by atoms with van der Waals surface area (Å²) in [5.74, 6) is 2.58. The molecule has 2 rings (SSSR count). The van der Waals surface area contributed by atoms with E-state index in [1.165, 1.54) is 0 Å². The van der Waals surface area contributed by atoms with Crippen LogP contribution in [0.4, 0.5) is 0 Å². The lowest BCUT2D eigenvalue weighted by Gasteiger charge is -2.33. The zero-order chi connectivity index (χ0) is 10.7. The Balaban J connectivity index is 2.12. The van der Waals surface area contributed by atoms with Crippen LogP contribution < -0.4 is 0 Å². The summed E-state index contributed by atoms with van der Waals surface area (Å²) in [6.07, 6.45) is 1.57. The maximum absolute atomic E-state index is 10.9. The molecule has 0 aromatic carbocycles. The molecule has 1 fully saturated rings. The second-order valence-electron chi connectivity index (χ2n) is 3.72. The number of furan rings is 1. The van der Waals surface area contributed by atoms with Gasteiger partial charge in [-0.2, -0.15) is 0 Å². The summed E-state index contributed by atoms with van der Waals surface area (Å²) in [4.78, 5) is 15.2. The highest BCUT2D eigenvalue weighted by molar-refractivity contribution is 5.84. The van der Waals surface area contributed by atoms with E-state index in [-0.39, 0.29) is 0 Å². The quantitative estimate of drug-likeness (QED) is 0.667. The third-order valence-corrected chi connectivity index (χ3v) is 2.67. The Kier molecular flexibility index (Phi) is 2.90. The molecule has 0 atom stereocenters. The highest BCUT2D eigenvalue weighted by Gasteiger charge is 2.19. The summed E-state index contributed by atoms with van der Waals surface area (Å²) in [5.41, 5.74) is 0.535. The van der Waals surface area contributed by atoms with Crippen LogP contribution in [0.2, 0.25) is 0 Å². The van der Waals surface area contributed by atoms with Crippen molar-refractivity contribution in [3.05, 3.63) is 24.2 Å². The van der Waals surface area contributed by atoms with E-state index in [0.29, 0.717) is 11.5 Å². The lowest BCUT2D eigenvalue weighted by molar-refractivity contribution is 0.205. The first-order valence-corrected chi connectivity index (χ1v) is 5.04. The molecule has 0 saturated carbocycles. The minimum atomic E-state index is 0.535. The van der Waals surface area contributed by atoms with Crippen molar-refractivity contribution in [1.29, 1.82) is 0 Å². The summed E-state index contributed by atoms with van der Waals surface area (Å²) < 4.78 is 5.21. The molecular weight excluding hydrogens is 192 g/mol. The SMILES string of the molecule is CN1CCN(C(=C=O)c2ccco2)CC1. The Hall–Kier alpha value is -1.51. The fourth-order valence-electron chi connectivity index (χ4n) is 1.71. The normalized spacial score (nSPS) is 17.5. The van der Waals surface area contributed by atoms with Gasteiger partial charge in [-0.3, -0.25) is 0 Å². The predicted molar refractivity (Wildman–Crippen MR) is 56.9 cm³/mol. The van der Waals surface area contributed by atoms with E-state index in [1.807, 2.05) is 10.8 Å². The van der Waals surface area contributed by atoms with E-state index in [2.05, 4.69) is 11.9 Å². The smallest absolute Gasteiger partial charge is 0.166 e. The van der Waals surface area contributed by atoms with Crippen LogP contribution in [0.15, 0.2) is 22.8 Å². The number of rotatable bonds is 2. The lowest BCUT2D eigenvalue weighted by Crippen LogP contribution is -2.43. The fraction of sp³-hybridized carbons (Fsp3) is 0.455. The Morgan fingerprint density at radius 1 is 1.40 bits per heavy atom. The summed E-state index contributed by atoms with van der Waals surface area (Å²) in [5, 5.41) is 0. The Morgan fingerprint density at radius 3 is 2.67 bits per heavy atom. The van der Waals surface area contributed by atoms with Crippen LogP contribution in [0, 0.1) is 0 Å². The second-order valence-corrected chi connectivity index (χ2v) is 3.72. The Morgan fingerprint density at radius 2 is 2.13 bits per heavy atom. The van der Waals surface area contributed by atoms with Crippen LogP contribution in [-0.2, 0) is 4.79 Å². The van der Waals surface area contributed by atoms with Gasteiger partial charge in [0.15, 0.2) is 17.4 Å². The van der Waals surface area contributed by atoms with Gasteiger partial charge in [-0.25, -0.2) is 4.79 Å². The predicted octanol–water partition coefficient (Wildman–Crippen LogP) is 0.699. The number of hydrogen-bond acceptors (Lipinski definition) is 4. The monoisotopic (exact) mass is 206 g/mol. The van der Waals surface area contributed by atoms with Gasteiger partial charge in [0.05, 0.1) is 6.26 Å². The van der Waals surface area contributed by atoms with Gasteiger partial charge in [-0.05, 0) is 19.2 Å². The van der Waals surface area contributed by atoms with Gasteiger partial charge in [0, 0.05) is 26.2 Å². The number of piperazine rings is 1. The van der Waals surface area contributed by atoms with Crippen molar-refractivity contribution in [3.8, 4) is 0 Å². The molecule has 4 heteroatoms. The molecule has 0 bridgehead atoms. The molecule has 0 spiro atoms. The van der Waals surface area contributed by atoms with Crippen LogP contribution in [0.5, 0.6) is 0 Å². The van der Waals surface area contributed by atoms with Crippen molar-refractivity contribution < 1.29 is 9.21 Å². The van der Waals surface area contributed by atoms with Gasteiger partial charge in [0.2, 0.25) is 0 Å². The molecule has 4 nitrogen and oxygen atoms in total. The van der Waals surface area contributed by atoms with Crippen LogP contribution in [0.25, 0.3) is 5.70 Å². The van der Waals surface area contributed by atoms with Crippen LogP contribution in [0.1, 0.15) is 5.76 Å². The zero-order valence-corrected chi connectivity index (χ0v) is 8.77. The van der Waals surface area contributed by atoms with E-state index in [9.17, 15) is 4.79 Å². The van der Waals surface area contributed by atoms with Gasteiger partial charge in [-0.1, -0.05) is 0 Å². The molecule has 0 aliphatic carbocycles. The van der Waals surface area contributed by atoms with Gasteiger partial charge in [0.1, 0.15) is 0 Å². The fourth-order valence-corrected chi connectivity index (χ4v) is 1.71. The van der Waals surface area contributed by atoms with Crippen LogP contribution in [-0.4, -0.2) is 49.0 Å². The summed E-state index contributed by atoms with van der Waals surface area (Å²) >= 11 is 0. The first-order valence-electron chi connectivity index (χ1n) is 5.04. The Bertz CT molecular complexity index is 358. The van der Waals surface area contributed by atoms with Crippen molar-refractivity contribution in [3.63, 3.8) is 0 Å². The molecule has 0 N–H and O–H groups in total. The maximum Gasteiger partial charge on any atom is 0.166 e. The molecule has 1 aliphatic heterocycles. The largest absolute Gasteiger partial charge is 0.462 e. The average molecular weight is 206 g/mol. The lowest BCUT2D eigenvalue weighted by atomic mass is 10.2. The molecule has 1 saturated heterocycles. The molecule has 1 aliphatic rings. The topological polar surface area (TPSA) is 36.7 Å². The molecule has 80 valence electrons. The zero-order valence-electron chi connectivity index (χ0n) is 8.77. The minimum absolute atomic E-state index is 0.535. The third-order valence-electron chi connectivity index (χ3n) is 2.67. The number of carbonyl (C=O) groups excluding carboxylic acids is 1. The molecule has 1 aromatic heterocycles. The molecular formula is C11H14N2O2. The molecule has 0 amide bonds. The van der Waals surface area contributed by atoms with Gasteiger partial charge in [0.25, 0.3) is 0 Å². The standard InChI is InChI=1S/C11H14N2O2/c1-12-4-6-13(7-5-12)10(9-14)11-3-2-8-15-11/h2-3,8H,4-7H2,1H3. The molecule has 0 radical (unpaired) electrons. The van der Waals surface area contributed by atoms with Gasteiger partial charge < -0.3 is 14.2 Å². The van der Waals surface area contributed by atoms with E-state index in [0.717, 1.165) is 26.2 Å². The summed E-state index contributed by atoms with van der Waals surface area (Å²) in [6.45, 7) is 3.63. The molecule has 1 aromatic rings. The minimum Gasteiger partial charge on any atom is -0.462 e. The first kappa shape index (κ1) is 10.0. The van der Waals surface area contributed by atoms with Crippen molar-refractivity contribution in [2.75, 3.05) is 33.2 Å². The second kappa shape index (κ2) is 4.34.